The first kappa shape index (κ1) is 16.1. The van der Waals surface area contributed by atoms with Crippen LogP contribution >= 0.6 is 0 Å². The molecule has 2 fully saturated rings. The van der Waals surface area contributed by atoms with E-state index in [1.54, 1.807) is 9.80 Å². The fourth-order valence-electron chi connectivity index (χ4n) is 3.07. The minimum Gasteiger partial charge on any atom is -0.444 e. The maximum atomic E-state index is 12.7. The van der Waals surface area contributed by atoms with E-state index in [2.05, 4.69) is 0 Å². The lowest BCUT2D eigenvalue weighted by atomic mass is 10.1. The van der Waals surface area contributed by atoms with E-state index in [4.69, 9.17) is 4.74 Å². The Balaban J connectivity index is 2.04. The Morgan fingerprint density at radius 1 is 1.14 bits per heavy atom. The summed E-state index contributed by atoms with van der Waals surface area (Å²) in [6.45, 7) is 6.68. The molecule has 6 heteroatoms. The zero-order valence-corrected chi connectivity index (χ0v) is 13.2. The average molecular weight is 298 g/mol. The highest BCUT2D eigenvalue weighted by molar-refractivity contribution is 5.86. The highest BCUT2D eigenvalue weighted by Gasteiger charge is 2.41. The molecule has 0 radical (unpaired) electrons. The maximum Gasteiger partial charge on any atom is 0.410 e. The number of hydrogen-bond donors (Lipinski definition) is 1. The zero-order valence-electron chi connectivity index (χ0n) is 13.2. The number of nitrogens with zero attached hydrogens (tertiary/aromatic N) is 2. The molecule has 0 saturated carbocycles. The van der Waals surface area contributed by atoms with E-state index in [0.29, 0.717) is 19.5 Å². The van der Waals surface area contributed by atoms with E-state index >= 15 is 0 Å². The highest BCUT2D eigenvalue weighted by atomic mass is 16.6. The number of likely N-dealkylation sites (tertiary alicyclic amines) is 2. The van der Waals surface area contributed by atoms with Crippen molar-refractivity contribution in [1.82, 2.24) is 9.80 Å². The predicted octanol–water partition coefficient (Wildman–Crippen LogP) is 1.37. The van der Waals surface area contributed by atoms with Crippen molar-refractivity contribution in [1.29, 1.82) is 0 Å². The first-order chi connectivity index (χ1) is 9.83. The summed E-state index contributed by atoms with van der Waals surface area (Å²) >= 11 is 0. The van der Waals surface area contributed by atoms with Crippen LogP contribution in [0.5, 0.6) is 0 Å². The van der Waals surface area contributed by atoms with Crippen LogP contribution in [0.2, 0.25) is 0 Å². The second-order valence-electron chi connectivity index (χ2n) is 6.84. The van der Waals surface area contributed by atoms with E-state index in [-0.39, 0.29) is 18.6 Å². The highest BCUT2D eigenvalue weighted by Crippen LogP contribution is 2.26. The second kappa shape index (κ2) is 6.22. The van der Waals surface area contributed by atoms with Crippen LogP contribution in [-0.4, -0.2) is 64.3 Å². The number of carbonyl (C=O) groups is 2. The van der Waals surface area contributed by atoms with Gasteiger partial charge in [-0.2, -0.15) is 0 Å². The summed E-state index contributed by atoms with van der Waals surface area (Å²) in [6.07, 6.45) is 2.82. The van der Waals surface area contributed by atoms with Gasteiger partial charge in [-0.1, -0.05) is 0 Å². The zero-order chi connectivity index (χ0) is 15.6. The summed E-state index contributed by atoms with van der Waals surface area (Å²) < 4.78 is 5.38. The molecule has 0 unspecified atom stereocenters. The van der Waals surface area contributed by atoms with Gasteiger partial charge in [0.25, 0.3) is 0 Å². The number of carbonyl (C=O) groups excluding carboxylic acids is 2. The van der Waals surface area contributed by atoms with Crippen molar-refractivity contribution in [2.75, 3.05) is 19.7 Å². The molecule has 6 nitrogen and oxygen atoms in total. The molecule has 0 bridgehead atoms. The van der Waals surface area contributed by atoms with Crippen LogP contribution in [-0.2, 0) is 9.53 Å². The molecule has 0 spiro atoms. The van der Waals surface area contributed by atoms with Crippen LogP contribution in [0.15, 0.2) is 0 Å². The third-order valence-electron chi connectivity index (χ3n) is 4.04. The van der Waals surface area contributed by atoms with Crippen molar-refractivity contribution in [3.8, 4) is 0 Å². The minimum absolute atomic E-state index is 0.00903. The fourth-order valence-corrected chi connectivity index (χ4v) is 3.07. The van der Waals surface area contributed by atoms with Crippen LogP contribution in [0.3, 0.4) is 0 Å². The molecule has 0 aromatic rings. The maximum absolute atomic E-state index is 12.7. The molecular formula is C15H26N2O4. The van der Waals surface area contributed by atoms with Crippen molar-refractivity contribution in [2.45, 2.75) is 64.1 Å². The number of rotatable bonds is 2. The Morgan fingerprint density at radius 2 is 1.76 bits per heavy atom. The monoisotopic (exact) mass is 298 g/mol. The van der Waals surface area contributed by atoms with E-state index in [1.165, 1.54) is 0 Å². The molecule has 2 saturated heterocycles. The number of ether oxygens (including phenoxy) is 1. The van der Waals surface area contributed by atoms with Gasteiger partial charge in [0.15, 0.2) is 0 Å². The molecule has 0 aliphatic carbocycles. The topological polar surface area (TPSA) is 70.1 Å². The van der Waals surface area contributed by atoms with Gasteiger partial charge in [-0.3, -0.25) is 9.69 Å². The third-order valence-corrected chi connectivity index (χ3v) is 4.04. The summed E-state index contributed by atoms with van der Waals surface area (Å²) in [5.41, 5.74) is -0.561. The molecule has 2 aliphatic heterocycles. The van der Waals surface area contributed by atoms with Gasteiger partial charge < -0.3 is 14.7 Å². The van der Waals surface area contributed by atoms with Gasteiger partial charge in [-0.15, -0.1) is 0 Å². The Kier molecular flexibility index (Phi) is 4.76. The quantitative estimate of drug-likeness (QED) is 0.836. The van der Waals surface area contributed by atoms with Gasteiger partial charge in [0.1, 0.15) is 11.6 Å². The van der Waals surface area contributed by atoms with Crippen molar-refractivity contribution in [2.24, 2.45) is 0 Å². The molecule has 120 valence electrons. The van der Waals surface area contributed by atoms with Crippen LogP contribution in [0.25, 0.3) is 0 Å². The Bertz CT molecular complexity index is 405. The van der Waals surface area contributed by atoms with Gasteiger partial charge in [0.2, 0.25) is 5.91 Å². The van der Waals surface area contributed by atoms with Crippen molar-refractivity contribution >= 4 is 12.0 Å². The molecule has 0 aromatic carbocycles. The average Bonchev–Trinajstić information content (AvgIpc) is 3.04. The molecule has 2 heterocycles. The molecule has 2 amide bonds. The fraction of sp³-hybridized carbons (Fsp3) is 0.867. The van der Waals surface area contributed by atoms with Crippen molar-refractivity contribution in [3.05, 3.63) is 0 Å². The van der Waals surface area contributed by atoms with Crippen molar-refractivity contribution < 1.29 is 19.4 Å². The number of aliphatic hydroxyl groups excluding tert-OH is 1. The summed E-state index contributed by atoms with van der Waals surface area (Å²) in [7, 11) is 0. The summed E-state index contributed by atoms with van der Waals surface area (Å²) in [6, 6.07) is -0.536. The lowest BCUT2D eigenvalue weighted by Gasteiger charge is -2.32. The van der Waals surface area contributed by atoms with E-state index < -0.39 is 17.7 Å². The molecule has 2 aliphatic rings. The Hall–Kier alpha value is -1.30. The van der Waals surface area contributed by atoms with E-state index in [1.807, 2.05) is 20.8 Å². The first-order valence-corrected chi connectivity index (χ1v) is 7.74. The smallest absolute Gasteiger partial charge is 0.410 e. The molecular weight excluding hydrogens is 272 g/mol. The molecule has 2 atom stereocenters. The molecule has 2 rings (SSSR count). The van der Waals surface area contributed by atoms with Gasteiger partial charge in [-0.25, -0.2) is 4.79 Å². The number of amides is 2. The Morgan fingerprint density at radius 3 is 2.38 bits per heavy atom. The molecule has 0 aromatic heterocycles. The SMILES string of the molecule is CC(C)(C)OC(=O)N1CCC[C@H]1C(=O)N1CCC[C@H]1CO. The summed E-state index contributed by atoms with van der Waals surface area (Å²) in [5.74, 6) is -0.0464. The first-order valence-electron chi connectivity index (χ1n) is 7.74. The second-order valence-corrected chi connectivity index (χ2v) is 6.84. The molecule has 1 N–H and O–H groups in total. The van der Waals surface area contributed by atoms with E-state index in [0.717, 1.165) is 19.3 Å². The van der Waals surface area contributed by atoms with Crippen LogP contribution in [0.1, 0.15) is 46.5 Å². The lowest BCUT2D eigenvalue weighted by molar-refractivity contribution is -0.137. The van der Waals surface area contributed by atoms with Gasteiger partial charge in [-0.05, 0) is 46.5 Å². The number of hydrogen-bond acceptors (Lipinski definition) is 4. The summed E-state index contributed by atoms with van der Waals surface area (Å²) in [5, 5.41) is 9.36. The third kappa shape index (κ3) is 3.67. The van der Waals surface area contributed by atoms with Gasteiger partial charge in [0, 0.05) is 13.1 Å². The van der Waals surface area contributed by atoms with Crippen LogP contribution in [0.4, 0.5) is 4.79 Å². The Labute approximate surface area is 126 Å². The van der Waals surface area contributed by atoms with Gasteiger partial charge >= 0.3 is 6.09 Å². The predicted molar refractivity (Wildman–Crippen MR) is 77.8 cm³/mol. The van der Waals surface area contributed by atoms with E-state index in [9.17, 15) is 14.7 Å². The van der Waals surface area contributed by atoms with Crippen LogP contribution in [0, 0.1) is 0 Å². The molecule has 21 heavy (non-hydrogen) atoms. The number of aliphatic hydroxyl groups is 1. The summed E-state index contributed by atoms with van der Waals surface area (Å²) in [4.78, 5) is 28.2. The standard InChI is InChI=1S/C15H26N2O4/c1-15(2,3)21-14(20)17-9-5-7-12(17)13(19)16-8-4-6-11(16)10-18/h11-12,18H,4-10H2,1-3H3/t11-,12-/m0/s1. The lowest BCUT2D eigenvalue weighted by Crippen LogP contribution is -2.50. The normalized spacial score (nSPS) is 26.3. The van der Waals surface area contributed by atoms with Gasteiger partial charge in [0.05, 0.1) is 12.6 Å². The van der Waals surface area contributed by atoms with Crippen LogP contribution < -0.4 is 0 Å². The van der Waals surface area contributed by atoms with Crippen molar-refractivity contribution in [3.63, 3.8) is 0 Å². The minimum atomic E-state index is -0.561. The largest absolute Gasteiger partial charge is 0.444 e.